The minimum atomic E-state index is -1.17. The van der Waals surface area contributed by atoms with Gasteiger partial charge in [0.05, 0.1) is 37.0 Å². The maximum Gasteiger partial charge on any atom is 0.335 e. The standard InChI is InChI=1S/C27H24N2O6/c1-16(27(30)31)12-24(32-3)17(2)25-14-22-26(35-25)21(6-9-29-22)18-4-5-23(19(13-18)15-28)34-20-7-10-33-11-8-20/h4-6,9,12-14,20H,1-2,7-8,10-11H2,3H3,(H,30,31)/b24-12+. The maximum absolute atomic E-state index is 11.1. The predicted octanol–water partition coefficient (Wildman–Crippen LogP) is 5.11. The lowest BCUT2D eigenvalue weighted by Gasteiger charge is -2.23. The second-order valence-corrected chi connectivity index (χ2v) is 7.96. The van der Waals surface area contributed by atoms with Crippen LogP contribution in [0.5, 0.6) is 5.75 Å². The van der Waals surface area contributed by atoms with Crippen LogP contribution in [0.15, 0.2) is 71.5 Å². The van der Waals surface area contributed by atoms with Gasteiger partial charge in [-0.2, -0.15) is 5.26 Å². The van der Waals surface area contributed by atoms with Gasteiger partial charge in [0.2, 0.25) is 0 Å². The van der Waals surface area contributed by atoms with E-state index in [9.17, 15) is 10.1 Å². The molecule has 3 heterocycles. The van der Waals surface area contributed by atoms with Crippen LogP contribution in [0.25, 0.3) is 27.8 Å². The van der Waals surface area contributed by atoms with Gasteiger partial charge in [-0.3, -0.25) is 4.98 Å². The molecular weight excluding hydrogens is 448 g/mol. The molecule has 8 heteroatoms. The predicted molar refractivity (Wildman–Crippen MR) is 130 cm³/mol. The number of pyridine rings is 1. The summed E-state index contributed by atoms with van der Waals surface area (Å²) in [4.78, 5) is 15.5. The van der Waals surface area contributed by atoms with Crippen molar-refractivity contribution in [2.45, 2.75) is 18.9 Å². The maximum atomic E-state index is 11.1. The molecule has 178 valence electrons. The number of hydrogen-bond donors (Lipinski definition) is 1. The van der Waals surface area contributed by atoms with E-state index < -0.39 is 5.97 Å². The third kappa shape index (κ3) is 5.10. The van der Waals surface area contributed by atoms with Gasteiger partial charge in [0, 0.05) is 30.7 Å². The summed E-state index contributed by atoms with van der Waals surface area (Å²) in [5.74, 6) is -0.0560. The van der Waals surface area contributed by atoms with Crippen LogP contribution in [0.3, 0.4) is 0 Å². The number of furan rings is 1. The molecule has 35 heavy (non-hydrogen) atoms. The fourth-order valence-corrected chi connectivity index (χ4v) is 3.79. The number of aromatic nitrogens is 1. The highest BCUT2D eigenvalue weighted by atomic mass is 16.5. The zero-order chi connectivity index (χ0) is 24.9. The molecule has 1 fully saturated rings. The molecule has 0 saturated carbocycles. The number of rotatable bonds is 8. The van der Waals surface area contributed by atoms with Crippen molar-refractivity contribution in [2.24, 2.45) is 0 Å². The first-order chi connectivity index (χ1) is 16.9. The zero-order valence-corrected chi connectivity index (χ0v) is 19.2. The second kappa shape index (κ2) is 10.3. The van der Waals surface area contributed by atoms with E-state index in [1.165, 1.54) is 13.2 Å². The van der Waals surface area contributed by atoms with Gasteiger partial charge in [0.15, 0.2) is 5.58 Å². The SMILES string of the molecule is C=C(/C=C(/OC)C(=C)c1cc2nccc(-c3ccc(OC4CCOCC4)c(C#N)c3)c2o1)C(=O)O. The molecule has 1 aliphatic rings. The summed E-state index contributed by atoms with van der Waals surface area (Å²) in [6.07, 6.45) is 4.52. The lowest BCUT2D eigenvalue weighted by Crippen LogP contribution is -2.26. The summed E-state index contributed by atoms with van der Waals surface area (Å²) in [5, 5.41) is 18.8. The van der Waals surface area contributed by atoms with E-state index in [1.54, 1.807) is 30.5 Å². The van der Waals surface area contributed by atoms with E-state index in [1.807, 2.05) is 6.07 Å². The van der Waals surface area contributed by atoms with Gasteiger partial charge < -0.3 is 23.7 Å². The summed E-state index contributed by atoms with van der Waals surface area (Å²) in [6, 6.07) is 11.1. The van der Waals surface area contributed by atoms with Crippen molar-refractivity contribution in [3.63, 3.8) is 0 Å². The van der Waals surface area contributed by atoms with Crippen molar-refractivity contribution in [1.82, 2.24) is 4.98 Å². The van der Waals surface area contributed by atoms with Gasteiger partial charge >= 0.3 is 5.97 Å². The molecule has 1 saturated heterocycles. The fourth-order valence-electron chi connectivity index (χ4n) is 3.79. The van der Waals surface area contributed by atoms with Crippen molar-refractivity contribution in [1.29, 1.82) is 5.26 Å². The number of hydrogen-bond acceptors (Lipinski definition) is 7. The average molecular weight is 472 g/mol. The molecule has 4 rings (SSSR count). The fraction of sp³-hybridized carbons (Fsp3) is 0.222. The van der Waals surface area contributed by atoms with Gasteiger partial charge in [-0.1, -0.05) is 19.2 Å². The van der Waals surface area contributed by atoms with Crippen LogP contribution in [0.1, 0.15) is 24.2 Å². The number of fused-ring (bicyclic) bond motifs is 1. The van der Waals surface area contributed by atoms with E-state index in [-0.39, 0.29) is 17.4 Å². The molecular formula is C27H24N2O6. The topological polar surface area (TPSA) is 115 Å². The van der Waals surface area contributed by atoms with Crippen LogP contribution in [0.4, 0.5) is 0 Å². The number of carboxylic acid groups (broad SMARTS) is 1. The monoisotopic (exact) mass is 472 g/mol. The molecule has 0 unspecified atom stereocenters. The lowest BCUT2D eigenvalue weighted by molar-refractivity contribution is -0.132. The van der Waals surface area contributed by atoms with Crippen molar-refractivity contribution in [3.05, 3.63) is 78.4 Å². The number of methoxy groups -OCH3 is 1. The highest BCUT2D eigenvalue weighted by Gasteiger charge is 2.20. The van der Waals surface area contributed by atoms with Gasteiger partial charge in [-0.25, -0.2) is 4.79 Å². The molecule has 2 aromatic heterocycles. The molecule has 1 N–H and O–H groups in total. The summed E-state index contributed by atoms with van der Waals surface area (Å²) in [7, 11) is 1.41. The normalized spacial score (nSPS) is 14.3. The average Bonchev–Trinajstić information content (AvgIpc) is 3.32. The Morgan fingerprint density at radius 2 is 2.03 bits per heavy atom. The van der Waals surface area contributed by atoms with E-state index in [0.717, 1.165) is 24.0 Å². The first-order valence-electron chi connectivity index (χ1n) is 11.0. The molecule has 0 aliphatic carbocycles. The molecule has 0 radical (unpaired) electrons. The third-order valence-corrected chi connectivity index (χ3v) is 5.68. The van der Waals surface area contributed by atoms with Crippen LogP contribution in [-0.4, -0.2) is 42.5 Å². The Morgan fingerprint density at radius 1 is 1.26 bits per heavy atom. The van der Waals surface area contributed by atoms with Crippen LogP contribution in [0.2, 0.25) is 0 Å². The molecule has 0 atom stereocenters. The van der Waals surface area contributed by atoms with Crippen LogP contribution in [-0.2, 0) is 14.3 Å². The highest BCUT2D eigenvalue weighted by Crippen LogP contribution is 2.35. The zero-order valence-electron chi connectivity index (χ0n) is 19.2. The van der Waals surface area contributed by atoms with Crippen LogP contribution < -0.4 is 4.74 Å². The quantitative estimate of drug-likeness (QED) is 0.273. The molecule has 8 nitrogen and oxygen atoms in total. The van der Waals surface area contributed by atoms with E-state index in [2.05, 4.69) is 24.2 Å². The van der Waals surface area contributed by atoms with Crippen molar-refractivity contribution >= 4 is 22.6 Å². The minimum Gasteiger partial charge on any atom is -0.496 e. The number of allylic oxidation sites excluding steroid dienone is 1. The van der Waals surface area contributed by atoms with Gasteiger partial charge in [-0.15, -0.1) is 0 Å². The molecule has 0 amide bonds. The van der Waals surface area contributed by atoms with Gasteiger partial charge in [0.25, 0.3) is 0 Å². The Kier molecular flexibility index (Phi) is 6.99. The molecule has 3 aromatic rings. The van der Waals surface area contributed by atoms with Gasteiger partial charge in [-0.05, 0) is 29.8 Å². The van der Waals surface area contributed by atoms with Crippen LogP contribution >= 0.6 is 0 Å². The minimum absolute atomic E-state index is 0.0215. The first kappa shape index (κ1) is 23.8. The van der Waals surface area contributed by atoms with E-state index >= 15 is 0 Å². The number of aliphatic carboxylic acids is 1. The number of nitrogens with zero attached hydrogens (tertiary/aromatic N) is 2. The van der Waals surface area contributed by atoms with E-state index in [0.29, 0.717) is 47.0 Å². The third-order valence-electron chi connectivity index (χ3n) is 5.68. The number of carbonyl (C=O) groups is 1. The number of ether oxygens (including phenoxy) is 3. The molecule has 0 spiro atoms. The molecule has 1 aliphatic heterocycles. The number of carboxylic acids is 1. The summed E-state index contributed by atoms with van der Waals surface area (Å²) in [5.41, 5.74) is 3.20. The van der Waals surface area contributed by atoms with Crippen molar-refractivity contribution in [2.75, 3.05) is 20.3 Å². The first-order valence-corrected chi connectivity index (χ1v) is 11.0. The van der Waals surface area contributed by atoms with Gasteiger partial charge in [0.1, 0.15) is 35.0 Å². The Hall–Kier alpha value is -4.35. The highest BCUT2D eigenvalue weighted by molar-refractivity contribution is 5.94. The largest absolute Gasteiger partial charge is 0.496 e. The Morgan fingerprint density at radius 3 is 2.71 bits per heavy atom. The van der Waals surface area contributed by atoms with Crippen LogP contribution in [0, 0.1) is 11.3 Å². The lowest BCUT2D eigenvalue weighted by atomic mass is 10.0. The Labute approximate surface area is 202 Å². The van der Waals surface area contributed by atoms with Crippen molar-refractivity contribution in [3.8, 4) is 22.9 Å². The smallest absolute Gasteiger partial charge is 0.335 e. The summed E-state index contributed by atoms with van der Waals surface area (Å²) in [6.45, 7) is 8.77. The molecule has 0 bridgehead atoms. The number of benzene rings is 1. The molecule has 1 aromatic carbocycles. The summed E-state index contributed by atoms with van der Waals surface area (Å²) >= 11 is 0. The Balaban J connectivity index is 1.68. The Bertz CT molecular complexity index is 1370. The van der Waals surface area contributed by atoms with E-state index in [4.69, 9.17) is 23.7 Å². The van der Waals surface area contributed by atoms with Crippen molar-refractivity contribution < 1.29 is 28.5 Å². The number of nitriles is 1. The summed E-state index contributed by atoms with van der Waals surface area (Å²) < 4.78 is 22.8. The second-order valence-electron chi connectivity index (χ2n) is 7.96.